The minimum Gasteiger partial charge on any atom is -0.496 e. The number of aryl methyl sites for hydroxylation is 1. The maximum absolute atomic E-state index is 12.5. The van der Waals surface area contributed by atoms with Crippen molar-refractivity contribution in [2.45, 2.75) is 20.0 Å². The first kappa shape index (κ1) is 18.5. The second-order valence-corrected chi connectivity index (χ2v) is 6.20. The molecule has 5 nitrogen and oxygen atoms in total. The van der Waals surface area contributed by atoms with Crippen molar-refractivity contribution in [2.75, 3.05) is 12.4 Å². The standard InChI is InChI=1S/C22H23N3O2/c1-16-7-3-4-8-18(16)14-25-22(26)17-11-12-23-21(13-17)24-15-19-9-5-6-10-20(19)27-2/h3-13H,14-15H2,1-2H3,(H,23,24)(H,25,26). The predicted molar refractivity (Wildman–Crippen MR) is 107 cm³/mol. The molecule has 0 unspecified atom stereocenters. The topological polar surface area (TPSA) is 63.2 Å². The first-order chi connectivity index (χ1) is 13.2. The quantitative estimate of drug-likeness (QED) is 0.669. The number of aromatic nitrogens is 1. The van der Waals surface area contributed by atoms with Crippen molar-refractivity contribution >= 4 is 11.7 Å². The van der Waals surface area contributed by atoms with E-state index in [0.29, 0.717) is 24.5 Å². The van der Waals surface area contributed by atoms with Gasteiger partial charge in [-0.15, -0.1) is 0 Å². The van der Waals surface area contributed by atoms with E-state index in [2.05, 4.69) is 15.6 Å². The molecule has 0 aliphatic rings. The minimum atomic E-state index is -0.124. The summed E-state index contributed by atoms with van der Waals surface area (Å²) in [6, 6.07) is 19.3. The molecule has 0 fully saturated rings. The lowest BCUT2D eigenvalue weighted by Crippen LogP contribution is -2.23. The number of hydrogen-bond donors (Lipinski definition) is 2. The molecule has 0 saturated carbocycles. The van der Waals surface area contributed by atoms with E-state index in [1.54, 1.807) is 25.4 Å². The zero-order chi connectivity index (χ0) is 19.1. The molecule has 0 radical (unpaired) electrons. The molecule has 0 aliphatic heterocycles. The van der Waals surface area contributed by atoms with Crippen molar-refractivity contribution in [3.8, 4) is 5.75 Å². The zero-order valence-electron chi connectivity index (χ0n) is 15.5. The van der Waals surface area contributed by atoms with Gasteiger partial charge in [-0.25, -0.2) is 4.98 Å². The van der Waals surface area contributed by atoms with Gasteiger partial charge in [-0.3, -0.25) is 4.79 Å². The van der Waals surface area contributed by atoms with Crippen LogP contribution in [0, 0.1) is 6.92 Å². The van der Waals surface area contributed by atoms with Gasteiger partial charge >= 0.3 is 0 Å². The largest absolute Gasteiger partial charge is 0.496 e. The van der Waals surface area contributed by atoms with Gasteiger partial charge in [0.15, 0.2) is 0 Å². The van der Waals surface area contributed by atoms with Crippen LogP contribution in [0.15, 0.2) is 66.9 Å². The van der Waals surface area contributed by atoms with Crippen LogP contribution < -0.4 is 15.4 Å². The Labute approximate surface area is 159 Å². The number of hydrogen-bond acceptors (Lipinski definition) is 4. The van der Waals surface area contributed by atoms with Crippen molar-refractivity contribution in [3.63, 3.8) is 0 Å². The molecule has 1 aromatic heterocycles. The van der Waals surface area contributed by atoms with Crippen LogP contribution in [0.2, 0.25) is 0 Å². The van der Waals surface area contributed by atoms with Crippen molar-refractivity contribution < 1.29 is 9.53 Å². The van der Waals surface area contributed by atoms with Gasteiger partial charge in [-0.05, 0) is 36.2 Å². The van der Waals surface area contributed by atoms with Gasteiger partial charge in [-0.2, -0.15) is 0 Å². The van der Waals surface area contributed by atoms with Crippen LogP contribution >= 0.6 is 0 Å². The highest BCUT2D eigenvalue weighted by atomic mass is 16.5. The number of carbonyl (C=O) groups excluding carboxylic acids is 1. The monoisotopic (exact) mass is 361 g/mol. The van der Waals surface area contributed by atoms with E-state index >= 15 is 0 Å². The van der Waals surface area contributed by atoms with Crippen molar-refractivity contribution in [1.82, 2.24) is 10.3 Å². The van der Waals surface area contributed by atoms with E-state index in [9.17, 15) is 4.79 Å². The van der Waals surface area contributed by atoms with Gasteiger partial charge in [0.2, 0.25) is 0 Å². The van der Waals surface area contributed by atoms with Gasteiger partial charge in [-0.1, -0.05) is 42.5 Å². The fraction of sp³-hybridized carbons (Fsp3) is 0.182. The summed E-state index contributed by atoms with van der Waals surface area (Å²) in [5.74, 6) is 1.34. The Morgan fingerprint density at radius 3 is 2.52 bits per heavy atom. The number of carbonyl (C=O) groups is 1. The fourth-order valence-electron chi connectivity index (χ4n) is 2.79. The number of para-hydroxylation sites is 1. The number of methoxy groups -OCH3 is 1. The number of nitrogens with one attached hydrogen (secondary N) is 2. The molecule has 27 heavy (non-hydrogen) atoms. The molecule has 2 aromatic carbocycles. The summed E-state index contributed by atoms with van der Waals surface area (Å²) in [5, 5.41) is 6.20. The van der Waals surface area contributed by atoms with Crippen LogP contribution in [0.1, 0.15) is 27.0 Å². The maximum atomic E-state index is 12.5. The van der Waals surface area contributed by atoms with Crippen LogP contribution in [0.5, 0.6) is 5.75 Å². The summed E-state index contributed by atoms with van der Waals surface area (Å²) >= 11 is 0. The van der Waals surface area contributed by atoms with Crippen LogP contribution in [-0.2, 0) is 13.1 Å². The number of pyridine rings is 1. The molecule has 138 valence electrons. The van der Waals surface area contributed by atoms with Crippen LogP contribution in [0.3, 0.4) is 0 Å². The van der Waals surface area contributed by atoms with Crippen LogP contribution in [0.25, 0.3) is 0 Å². The average Bonchev–Trinajstić information content (AvgIpc) is 2.72. The summed E-state index contributed by atoms with van der Waals surface area (Å²) in [7, 11) is 1.65. The molecule has 0 saturated heterocycles. The number of benzene rings is 2. The Morgan fingerprint density at radius 1 is 1.00 bits per heavy atom. The van der Waals surface area contributed by atoms with Crippen molar-refractivity contribution in [1.29, 1.82) is 0 Å². The zero-order valence-corrected chi connectivity index (χ0v) is 15.5. The van der Waals surface area contributed by atoms with Gasteiger partial charge in [0, 0.05) is 30.4 Å². The highest BCUT2D eigenvalue weighted by Crippen LogP contribution is 2.18. The average molecular weight is 361 g/mol. The lowest BCUT2D eigenvalue weighted by atomic mass is 10.1. The summed E-state index contributed by atoms with van der Waals surface area (Å²) in [6.07, 6.45) is 1.63. The van der Waals surface area contributed by atoms with Crippen molar-refractivity contribution in [3.05, 3.63) is 89.1 Å². The molecule has 3 rings (SSSR count). The fourth-order valence-corrected chi connectivity index (χ4v) is 2.79. The first-order valence-corrected chi connectivity index (χ1v) is 8.82. The normalized spacial score (nSPS) is 10.3. The van der Waals surface area contributed by atoms with E-state index < -0.39 is 0 Å². The molecule has 0 bridgehead atoms. The Morgan fingerprint density at radius 2 is 1.74 bits per heavy atom. The number of rotatable bonds is 7. The molecular weight excluding hydrogens is 338 g/mol. The molecular formula is C22H23N3O2. The number of anilines is 1. The van der Waals surface area contributed by atoms with Crippen LogP contribution in [-0.4, -0.2) is 18.0 Å². The number of amides is 1. The van der Waals surface area contributed by atoms with E-state index in [-0.39, 0.29) is 5.91 Å². The third-order valence-corrected chi connectivity index (χ3v) is 4.38. The Kier molecular flexibility index (Phi) is 6.05. The van der Waals surface area contributed by atoms with Gasteiger partial charge in [0.05, 0.1) is 7.11 Å². The smallest absolute Gasteiger partial charge is 0.251 e. The SMILES string of the molecule is COc1ccccc1CNc1cc(C(=O)NCc2ccccc2C)ccn1. The molecule has 0 spiro atoms. The predicted octanol–water partition coefficient (Wildman–Crippen LogP) is 3.94. The van der Waals surface area contributed by atoms with E-state index in [1.165, 1.54) is 0 Å². The molecule has 2 N–H and O–H groups in total. The molecule has 1 heterocycles. The van der Waals surface area contributed by atoms with Gasteiger partial charge < -0.3 is 15.4 Å². The third kappa shape index (κ3) is 4.85. The van der Waals surface area contributed by atoms with Crippen LogP contribution in [0.4, 0.5) is 5.82 Å². The summed E-state index contributed by atoms with van der Waals surface area (Å²) < 4.78 is 5.35. The summed E-state index contributed by atoms with van der Waals surface area (Å²) in [6.45, 7) is 3.09. The van der Waals surface area contributed by atoms with E-state index in [1.807, 2.05) is 55.5 Å². The highest BCUT2D eigenvalue weighted by Gasteiger charge is 2.08. The Balaban J connectivity index is 1.62. The number of ether oxygens (including phenoxy) is 1. The number of nitrogens with zero attached hydrogens (tertiary/aromatic N) is 1. The summed E-state index contributed by atoms with van der Waals surface area (Å²) in [4.78, 5) is 16.8. The molecule has 0 aliphatic carbocycles. The second-order valence-electron chi connectivity index (χ2n) is 6.20. The molecule has 1 amide bonds. The summed E-state index contributed by atoms with van der Waals surface area (Å²) in [5.41, 5.74) is 3.86. The first-order valence-electron chi connectivity index (χ1n) is 8.82. The Hall–Kier alpha value is -3.34. The lowest BCUT2D eigenvalue weighted by Gasteiger charge is -2.11. The third-order valence-electron chi connectivity index (χ3n) is 4.38. The van der Waals surface area contributed by atoms with Gasteiger partial charge in [0.25, 0.3) is 5.91 Å². The Bertz CT molecular complexity index is 925. The highest BCUT2D eigenvalue weighted by molar-refractivity contribution is 5.94. The minimum absolute atomic E-state index is 0.124. The van der Waals surface area contributed by atoms with Gasteiger partial charge in [0.1, 0.15) is 11.6 Å². The van der Waals surface area contributed by atoms with E-state index in [4.69, 9.17) is 4.74 Å². The van der Waals surface area contributed by atoms with E-state index in [0.717, 1.165) is 22.4 Å². The molecule has 5 heteroatoms. The molecule has 3 aromatic rings. The second kappa shape index (κ2) is 8.85. The molecule has 0 atom stereocenters. The van der Waals surface area contributed by atoms with Crippen molar-refractivity contribution in [2.24, 2.45) is 0 Å². The lowest BCUT2D eigenvalue weighted by molar-refractivity contribution is 0.0951. The maximum Gasteiger partial charge on any atom is 0.251 e.